The minimum atomic E-state index is 0.0339. The maximum atomic E-state index is 6.36. The van der Waals surface area contributed by atoms with E-state index in [-0.39, 0.29) is 5.54 Å². The summed E-state index contributed by atoms with van der Waals surface area (Å²) in [4.78, 5) is 2.51. The summed E-state index contributed by atoms with van der Waals surface area (Å²) >= 11 is 0. The number of hydrogen-bond donors (Lipinski definition) is 1. The van der Waals surface area contributed by atoms with Crippen molar-refractivity contribution < 1.29 is 0 Å². The predicted octanol–water partition coefficient (Wildman–Crippen LogP) is 2.77. The molecule has 2 heteroatoms. The lowest BCUT2D eigenvalue weighted by molar-refractivity contribution is 0.148. The van der Waals surface area contributed by atoms with Crippen LogP contribution in [-0.4, -0.2) is 30.1 Å². The first-order valence-corrected chi connectivity index (χ1v) is 6.60. The van der Waals surface area contributed by atoms with Gasteiger partial charge in [0.2, 0.25) is 0 Å². The van der Waals surface area contributed by atoms with Crippen molar-refractivity contribution in [3.05, 3.63) is 0 Å². The lowest BCUT2D eigenvalue weighted by Crippen LogP contribution is -2.51. The van der Waals surface area contributed by atoms with Crippen molar-refractivity contribution in [1.29, 1.82) is 0 Å². The predicted molar refractivity (Wildman–Crippen MR) is 67.0 cm³/mol. The van der Waals surface area contributed by atoms with Crippen LogP contribution in [-0.2, 0) is 0 Å². The van der Waals surface area contributed by atoms with Gasteiger partial charge in [-0.3, -0.25) is 0 Å². The number of hydrogen-bond acceptors (Lipinski definition) is 2. The molecule has 0 aliphatic heterocycles. The maximum absolute atomic E-state index is 6.36. The molecule has 0 saturated heterocycles. The van der Waals surface area contributed by atoms with Gasteiger partial charge in [0.1, 0.15) is 0 Å². The van der Waals surface area contributed by atoms with Crippen LogP contribution in [0, 0.1) is 0 Å². The van der Waals surface area contributed by atoms with E-state index in [1.54, 1.807) is 0 Å². The molecule has 0 aromatic rings. The minimum absolute atomic E-state index is 0.0339. The van der Waals surface area contributed by atoms with E-state index in [2.05, 4.69) is 25.8 Å². The van der Waals surface area contributed by atoms with Crippen LogP contribution in [0.3, 0.4) is 0 Å². The highest BCUT2D eigenvalue weighted by atomic mass is 15.1. The van der Waals surface area contributed by atoms with Gasteiger partial charge in [0, 0.05) is 18.1 Å². The highest BCUT2D eigenvalue weighted by molar-refractivity contribution is 4.86. The average molecular weight is 212 g/mol. The number of likely N-dealkylation sites (N-methyl/N-ethyl adjacent to an activating group) is 1. The van der Waals surface area contributed by atoms with E-state index in [0.29, 0.717) is 0 Å². The van der Waals surface area contributed by atoms with Crippen molar-refractivity contribution in [2.45, 2.75) is 70.4 Å². The van der Waals surface area contributed by atoms with Crippen molar-refractivity contribution in [3.63, 3.8) is 0 Å². The fraction of sp³-hybridized carbons (Fsp3) is 1.00. The molecule has 1 aliphatic rings. The molecule has 90 valence electrons. The summed E-state index contributed by atoms with van der Waals surface area (Å²) in [6.45, 7) is 5.47. The first-order chi connectivity index (χ1) is 7.11. The summed E-state index contributed by atoms with van der Waals surface area (Å²) in [7, 11) is 2.25. The van der Waals surface area contributed by atoms with Crippen LogP contribution in [0.15, 0.2) is 0 Å². The van der Waals surface area contributed by atoms with Crippen LogP contribution < -0.4 is 5.73 Å². The Morgan fingerprint density at radius 3 is 2.13 bits per heavy atom. The zero-order valence-corrected chi connectivity index (χ0v) is 10.8. The Balaban J connectivity index is 2.41. The molecule has 0 bridgehead atoms. The van der Waals surface area contributed by atoms with Gasteiger partial charge in [0.05, 0.1) is 0 Å². The quantitative estimate of drug-likeness (QED) is 0.759. The van der Waals surface area contributed by atoms with E-state index in [9.17, 15) is 0 Å². The van der Waals surface area contributed by atoms with Crippen molar-refractivity contribution in [1.82, 2.24) is 4.90 Å². The SMILES string of the molecule is CCC(N)(CC)CN(C)C1CCCCC1. The summed E-state index contributed by atoms with van der Waals surface area (Å²) in [6.07, 6.45) is 9.16. The van der Waals surface area contributed by atoms with Crippen molar-refractivity contribution in [2.24, 2.45) is 5.73 Å². The second kappa shape index (κ2) is 5.86. The first kappa shape index (κ1) is 13.0. The lowest BCUT2D eigenvalue weighted by Gasteiger charge is -2.38. The van der Waals surface area contributed by atoms with E-state index in [4.69, 9.17) is 5.73 Å². The standard InChI is InChI=1S/C13H28N2/c1-4-13(14,5-2)11-15(3)12-9-7-6-8-10-12/h12H,4-11,14H2,1-3H3. The van der Waals surface area contributed by atoms with E-state index in [0.717, 1.165) is 25.4 Å². The minimum Gasteiger partial charge on any atom is -0.324 e. The van der Waals surface area contributed by atoms with E-state index in [1.165, 1.54) is 32.1 Å². The Morgan fingerprint density at radius 2 is 1.67 bits per heavy atom. The molecule has 0 aromatic carbocycles. The molecule has 1 saturated carbocycles. The van der Waals surface area contributed by atoms with Gasteiger partial charge in [-0.1, -0.05) is 33.1 Å². The molecule has 1 aliphatic carbocycles. The van der Waals surface area contributed by atoms with E-state index < -0.39 is 0 Å². The molecule has 0 unspecified atom stereocenters. The van der Waals surface area contributed by atoms with Gasteiger partial charge in [-0.15, -0.1) is 0 Å². The molecule has 2 N–H and O–H groups in total. The highest BCUT2D eigenvalue weighted by Gasteiger charge is 2.26. The molecule has 0 spiro atoms. The number of rotatable bonds is 5. The first-order valence-electron chi connectivity index (χ1n) is 6.60. The Hall–Kier alpha value is -0.0800. The molecule has 15 heavy (non-hydrogen) atoms. The maximum Gasteiger partial charge on any atom is 0.0278 e. The van der Waals surface area contributed by atoms with Gasteiger partial charge in [0.15, 0.2) is 0 Å². The largest absolute Gasteiger partial charge is 0.324 e. The van der Waals surface area contributed by atoms with Crippen LogP contribution in [0.4, 0.5) is 0 Å². The topological polar surface area (TPSA) is 29.3 Å². The molecule has 0 heterocycles. The zero-order chi connectivity index (χ0) is 11.3. The lowest BCUT2D eigenvalue weighted by atomic mass is 9.90. The van der Waals surface area contributed by atoms with Gasteiger partial charge in [0.25, 0.3) is 0 Å². The zero-order valence-electron chi connectivity index (χ0n) is 10.8. The van der Waals surface area contributed by atoms with Crippen molar-refractivity contribution >= 4 is 0 Å². The second-order valence-electron chi connectivity index (χ2n) is 5.28. The van der Waals surface area contributed by atoms with Crippen LogP contribution in [0.2, 0.25) is 0 Å². The Kier molecular flexibility index (Phi) is 5.07. The summed E-state index contributed by atoms with van der Waals surface area (Å²) in [5.41, 5.74) is 6.40. The summed E-state index contributed by atoms with van der Waals surface area (Å²) < 4.78 is 0. The Labute approximate surface area is 95.2 Å². The molecule has 2 nitrogen and oxygen atoms in total. The third kappa shape index (κ3) is 3.76. The fourth-order valence-electron chi connectivity index (χ4n) is 2.62. The molecule has 1 rings (SSSR count). The molecule has 0 radical (unpaired) electrons. The smallest absolute Gasteiger partial charge is 0.0278 e. The molecular formula is C13H28N2. The fourth-order valence-corrected chi connectivity index (χ4v) is 2.62. The summed E-state index contributed by atoms with van der Waals surface area (Å²) in [5.74, 6) is 0. The average Bonchev–Trinajstić information content (AvgIpc) is 2.30. The molecule has 1 fully saturated rings. The third-order valence-electron chi connectivity index (χ3n) is 4.17. The van der Waals surface area contributed by atoms with E-state index >= 15 is 0 Å². The monoisotopic (exact) mass is 212 g/mol. The van der Waals surface area contributed by atoms with Gasteiger partial charge in [-0.25, -0.2) is 0 Å². The Bertz CT molecular complexity index is 169. The van der Waals surface area contributed by atoms with Gasteiger partial charge in [-0.05, 0) is 32.7 Å². The van der Waals surface area contributed by atoms with Crippen LogP contribution in [0.25, 0.3) is 0 Å². The van der Waals surface area contributed by atoms with Crippen molar-refractivity contribution in [2.75, 3.05) is 13.6 Å². The van der Waals surface area contributed by atoms with Crippen LogP contribution in [0.1, 0.15) is 58.8 Å². The normalized spacial score (nSPS) is 19.8. The second-order valence-corrected chi connectivity index (χ2v) is 5.28. The van der Waals surface area contributed by atoms with Crippen molar-refractivity contribution in [3.8, 4) is 0 Å². The highest BCUT2D eigenvalue weighted by Crippen LogP contribution is 2.23. The molecule has 0 amide bonds. The molecular weight excluding hydrogens is 184 g/mol. The van der Waals surface area contributed by atoms with E-state index in [1.807, 2.05) is 0 Å². The summed E-state index contributed by atoms with van der Waals surface area (Å²) in [5, 5.41) is 0. The molecule has 0 aromatic heterocycles. The number of nitrogens with two attached hydrogens (primary N) is 1. The van der Waals surface area contributed by atoms with Gasteiger partial charge >= 0.3 is 0 Å². The molecule has 0 atom stereocenters. The number of nitrogens with zero attached hydrogens (tertiary/aromatic N) is 1. The third-order valence-corrected chi connectivity index (χ3v) is 4.17. The van der Waals surface area contributed by atoms with Crippen LogP contribution in [0.5, 0.6) is 0 Å². The van der Waals surface area contributed by atoms with Crippen LogP contribution >= 0.6 is 0 Å². The van der Waals surface area contributed by atoms with Gasteiger partial charge in [-0.2, -0.15) is 0 Å². The Morgan fingerprint density at radius 1 is 1.13 bits per heavy atom. The summed E-state index contributed by atoms with van der Waals surface area (Å²) in [6, 6.07) is 0.791. The van der Waals surface area contributed by atoms with Gasteiger partial charge < -0.3 is 10.6 Å².